The summed E-state index contributed by atoms with van der Waals surface area (Å²) in [5, 5.41) is 2.88. The summed E-state index contributed by atoms with van der Waals surface area (Å²) in [5.41, 5.74) is 2.22. The van der Waals surface area contributed by atoms with Crippen molar-refractivity contribution in [2.45, 2.75) is 13.8 Å². The van der Waals surface area contributed by atoms with Crippen LogP contribution in [-0.2, 0) is 0 Å². The number of anilines is 1. The van der Waals surface area contributed by atoms with Gasteiger partial charge in [-0.1, -0.05) is 0 Å². The number of urea groups is 1. The molecule has 0 bridgehead atoms. The Morgan fingerprint density at radius 1 is 1.26 bits per heavy atom. The fraction of sp³-hybridized carbons (Fsp3) is 0.308. The molecular formula is C13H15BrN4O. The summed E-state index contributed by atoms with van der Waals surface area (Å²) in [6.45, 7) is 5.24. The van der Waals surface area contributed by atoms with Gasteiger partial charge in [-0.05, 0) is 41.9 Å². The summed E-state index contributed by atoms with van der Waals surface area (Å²) in [4.78, 5) is 22.2. The van der Waals surface area contributed by atoms with Gasteiger partial charge in [0.2, 0.25) is 0 Å². The Hall–Kier alpha value is -1.69. The van der Waals surface area contributed by atoms with E-state index >= 15 is 0 Å². The van der Waals surface area contributed by atoms with Crippen molar-refractivity contribution in [2.75, 3.05) is 18.4 Å². The number of carbonyl (C=O) groups is 1. The fourth-order valence-electron chi connectivity index (χ4n) is 1.80. The highest BCUT2D eigenvalue weighted by molar-refractivity contribution is 9.10. The molecule has 1 aromatic heterocycles. The second kappa shape index (κ2) is 5.97. The highest BCUT2D eigenvalue weighted by Gasteiger charge is 2.13. The molecule has 0 aliphatic rings. The maximum Gasteiger partial charge on any atom is 0.321 e. The zero-order chi connectivity index (χ0) is 13.8. The van der Waals surface area contributed by atoms with Crippen LogP contribution in [0.5, 0.6) is 0 Å². The minimum absolute atomic E-state index is 0.117. The number of aromatic nitrogens is 2. The van der Waals surface area contributed by atoms with Gasteiger partial charge in [-0.15, -0.1) is 0 Å². The van der Waals surface area contributed by atoms with E-state index < -0.39 is 0 Å². The fourth-order valence-corrected chi connectivity index (χ4v) is 2.34. The summed E-state index contributed by atoms with van der Waals surface area (Å²) < 4.78 is 0.749. The molecule has 1 heterocycles. The number of nitrogens with one attached hydrogen (secondary N) is 1. The number of hydrogen-bond donors (Lipinski definition) is 1. The van der Waals surface area contributed by atoms with Crippen LogP contribution < -0.4 is 5.32 Å². The Bertz CT molecular complexity index is 598. The molecule has 0 spiro atoms. The molecular weight excluding hydrogens is 308 g/mol. The molecule has 100 valence electrons. The monoisotopic (exact) mass is 322 g/mol. The van der Waals surface area contributed by atoms with Gasteiger partial charge in [0, 0.05) is 25.5 Å². The smallest absolute Gasteiger partial charge is 0.321 e. The van der Waals surface area contributed by atoms with Gasteiger partial charge >= 0.3 is 6.03 Å². The number of amides is 2. The molecule has 0 fully saturated rings. The second-order valence-corrected chi connectivity index (χ2v) is 4.75. The van der Waals surface area contributed by atoms with E-state index in [0.29, 0.717) is 18.8 Å². The average Bonchev–Trinajstić information content (AvgIpc) is 2.43. The Kier molecular flexibility index (Phi) is 4.31. The molecule has 0 aliphatic carbocycles. The van der Waals surface area contributed by atoms with Crippen molar-refractivity contribution in [3.63, 3.8) is 0 Å². The van der Waals surface area contributed by atoms with E-state index in [1.54, 1.807) is 17.3 Å². The lowest BCUT2D eigenvalue weighted by Gasteiger charge is -2.19. The van der Waals surface area contributed by atoms with Gasteiger partial charge in [-0.2, -0.15) is 0 Å². The molecule has 1 aromatic carbocycles. The first kappa shape index (κ1) is 13.7. The van der Waals surface area contributed by atoms with Crippen LogP contribution in [0.3, 0.4) is 0 Å². The van der Waals surface area contributed by atoms with Gasteiger partial charge in [0.05, 0.1) is 15.7 Å². The topological polar surface area (TPSA) is 58.1 Å². The molecule has 0 aliphatic heterocycles. The maximum absolute atomic E-state index is 12.0. The number of fused-ring (bicyclic) bond motifs is 1. The molecule has 0 unspecified atom stereocenters. The van der Waals surface area contributed by atoms with Gasteiger partial charge in [-0.3, -0.25) is 9.97 Å². The molecule has 0 radical (unpaired) electrons. The van der Waals surface area contributed by atoms with E-state index in [0.717, 1.165) is 15.5 Å². The van der Waals surface area contributed by atoms with E-state index in [-0.39, 0.29) is 6.03 Å². The number of rotatable bonds is 3. The van der Waals surface area contributed by atoms with E-state index in [2.05, 4.69) is 31.2 Å². The van der Waals surface area contributed by atoms with Crippen molar-refractivity contribution in [2.24, 2.45) is 0 Å². The van der Waals surface area contributed by atoms with Crippen LogP contribution in [0.15, 0.2) is 29.0 Å². The predicted octanol–water partition coefficient (Wildman–Crippen LogP) is 3.27. The van der Waals surface area contributed by atoms with E-state index in [4.69, 9.17) is 0 Å². The van der Waals surface area contributed by atoms with E-state index in [9.17, 15) is 4.79 Å². The van der Waals surface area contributed by atoms with Crippen molar-refractivity contribution in [1.29, 1.82) is 0 Å². The number of halogens is 1. The highest BCUT2D eigenvalue weighted by atomic mass is 79.9. The second-order valence-electron chi connectivity index (χ2n) is 3.95. The van der Waals surface area contributed by atoms with Crippen LogP contribution in [0.25, 0.3) is 11.0 Å². The van der Waals surface area contributed by atoms with Crippen molar-refractivity contribution < 1.29 is 4.79 Å². The SMILES string of the molecule is CCN(CC)C(=O)Nc1ccc2nccnc2c1Br. The molecule has 0 atom stereocenters. The van der Waals surface area contributed by atoms with E-state index in [1.165, 1.54) is 0 Å². The van der Waals surface area contributed by atoms with Crippen LogP contribution in [0.4, 0.5) is 10.5 Å². The summed E-state index contributed by atoms with van der Waals surface area (Å²) in [6, 6.07) is 3.54. The Morgan fingerprint density at radius 2 is 1.95 bits per heavy atom. The quantitative estimate of drug-likeness (QED) is 0.943. The molecule has 0 saturated heterocycles. The number of hydrogen-bond acceptors (Lipinski definition) is 3. The van der Waals surface area contributed by atoms with Gasteiger partial charge < -0.3 is 10.2 Å². The molecule has 19 heavy (non-hydrogen) atoms. The molecule has 2 aromatic rings. The van der Waals surface area contributed by atoms with Crippen LogP contribution in [-0.4, -0.2) is 34.0 Å². The average molecular weight is 323 g/mol. The third kappa shape index (κ3) is 2.84. The Balaban J connectivity index is 2.31. The largest absolute Gasteiger partial charge is 0.325 e. The molecule has 2 amide bonds. The Morgan fingerprint density at radius 3 is 2.63 bits per heavy atom. The van der Waals surface area contributed by atoms with E-state index in [1.807, 2.05) is 26.0 Å². The lowest BCUT2D eigenvalue weighted by atomic mass is 10.2. The van der Waals surface area contributed by atoms with Crippen molar-refractivity contribution >= 4 is 38.7 Å². The summed E-state index contributed by atoms with van der Waals surface area (Å²) in [6.07, 6.45) is 3.27. The van der Waals surface area contributed by atoms with Crippen LogP contribution >= 0.6 is 15.9 Å². The molecule has 2 rings (SSSR count). The summed E-state index contributed by atoms with van der Waals surface area (Å²) in [7, 11) is 0. The lowest BCUT2D eigenvalue weighted by molar-refractivity contribution is 0.217. The number of nitrogens with zero attached hydrogens (tertiary/aromatic N) is 3. The number of carbonyl (C=O) groups excluding carboxylic acids is 1. The first-order valence-corrected chi connectivity index (χ1v) is 6.91. The summed E-state index contributed by atoms with van der Waals surface area (Å²) >= 11 is 3.47. The van der Waals surface area contributed by atoms with Crippen molar-refractivity contribution in [3.05, 3.63) is 29.0 Å². The third-order valence-corrected chi connectivity index (χ3v) is 3.67. The normalized spacial score (nSPS) is 10.5. The highest BCUT2D eigenvalue weighted by Crippen LogP contribution is 2.29. The van der Waals surface area contributed by atoms with Crippen LogP contribution in [0, 0.1) is 0 Å². The predicted molar refractivity (Wildman–Crippen MR) is 79.2 cm³/mol. The molecule has 0 saturated carbocycles. The molecule has 5 nitrogen and oxygen atoms in total. The van der Waals surface area contributed by atoms with Crippen LogP contribution in [0.1, 0.15) is 13.8 Å². The first-order chi connectivity index (χ1) is 9.17. The molecule has 1 N–H and O–H groups in total. The third-order valence-electron chi connectivity index (χ3n) is 2.87. The van der Waals surface area contributed by atoms with Gasteiger partial charge in [0.1, 0.15) is 5.52 Å². The Labute approximate surface area is 120 Å². The zero-order valence-electron chi connectivity index (χ0n) is 10.9. The molecule has 6 heteroatoms. The number of benzene rings is 1. The maximum atomic E-state index is 12.0. The zero-order valence-corrected chi connectivity index (χ0v) is 12.4. The van der Waals surface area contributed by atoms with Crippen molar-refractivity contribution in [1.82, 2.24) is 14.9 Å². The standard InChI is InChI=1S/C13H15BrN4O/c1-3-18(4-2)13(19)17-9-5-6-10-12(11(9)14)16-8-7-15-10/h5-8H,3-4H2,1-2H3,(H,17,19). The first-order valence-electron chi connectivity index (χ1n) is 6.12. The minimum Gasteiger partial charge on any atom is -0.325 e. The van der Waals surface area contributed by atoms with Gasteiger partial charge in [0.15, 0.2) is 0 Å². The minimum atomic E-state index is -0.117. The van der Waals surface area contributed by atoms with Gasteiger partial charge in [0.25, 0.3) is 0 Å². The lowest BCUT2D eigenvalue weighted by Crippen LogP contribution is -2.34. The van der Waals surface area contributed by atoms with Crippen molar-refractivity contribution in [3.8, 4) is 0 Å². The van der Waals surface area contributed by atoms with Gasteiger partial charge in [-0.25, -0.2) is 4.79 Å². The summed E-state index contributed by atoms with van der Waals surface area (Å²) in [5.74, 6) is 0. The van der Waals surface area contributed by atoms with Crippen LogP contribution in [0.2, 0.25) is 0 Å².